The number of aliphatic hydroxyl groups excluding tert-OH is 3. The topological polar surface area (TPSA) is 87.0 Å². The normalized spacial score (nSPS) is 11.1. The smallest absolute Gasteiger partial charge is 0.293 e. The summed E-state index contributed by atoms with van der Waals surface area (Å²) in [7, 11) is 0. The number of rotatable bonds is 5. The molecule has 0 saturated carbocycles. The molecule has 0 aromatic rings. The Morgan fingerprint density at radius 3 is 1.70 bits per heavy atom. The zero-order valence-corrected chi connectivity index (χ0v) is 5.36. The van der Waals surface area contributed by atoms with Crippen LogP contribution in [0.5, 0.6) is 0 Å². The van der Waals surface area contributed by atoms with Crippen molar-refractivity contribution in [3.05, 3.63) is 0 Å². The Balaban J connectivity index is 4.00. The summed E-state index contributed by atoms with van der Waals surface area (Å²) in [5.74, 6) is 0. The zero-order valence-electron chi connectivity index (χ0n) is 5.36. The maximum absolute atomic E-state index is 9.74. The van der Waals surface area contributed by atoms with Gasteiger partial charge in [0.1, 0.15) is 0 Å². The highest BCUT2D eigenvalue weighted by Crippen LogP contribution is 2.05. The van der Waals surface area contributed by atoms with E-state index in [2.05, 4.69) is 4.74 Å². The minimum atomic E-state index is -1.53. The molecule has 0 amide bonds. The van der Waals surface area contributed by atoms with E-state index in [0.717, 1.165) is 0 Å². The van der Waals surface area contributed by atoms with Gasteiger partial charge in [-0.3, -0.25) is 4.79 Å². The molecule has 0 aliphatic rings. The molecule has 0 aliphatic heterocycles. The SMILES string of the molecule is O=COC(CO)(CO)CO. The van der Waals surface area contributed by atoms with E-state index in [-0.39, 0.29) is 6.47 Å². The average molecular weight is 150 g/mol. The number of aliphatic hydroxyl groups is 3. The summed E-state index contributed by atoms with van der Waals surface area (Å²) >= 11 is 0. The molecule has 0 aromatic carbocycles. The molecule has 0 spiro atoms. The van der Waals surface area contributed by atoms with Crippen molar-refractivity contribution in [2.45, 2.75) is 5.60 Å². The molecule has 0 unspecified atom stereocenters. The van der Waals surface area contributed by atoms with Crippen LogP contribution in [-0.2, 0) is 9.53 Å². The van der Waals surface area contributed by atoms with Crippen LogP contribution in [0.2, 0.25) is 0 Å². The van der Waals surface area contributed by atoms with Gasteiger partial charge in [0.2, 0.25) is 0 Å². The van der Waals surface area contributed by atoms with E-state index >= 15 is 0 Å². The van der Waals surface area contributed by atoms with Gasteiger partial charge in [-0.05, 0) is 0 Å². The van der Waals surface area contributed by atoms with Crippen LogP contribution >= 0.6 is 0 Å². The minimum Gasteiger partial charge on any atom is -0.454 e. The summed E-state index contributed by atoms with van der Waals surface area (Å²) < 4.78 is 4.25. The number of hydrogen-bond acceptors (Lipinski definition) is 5. The molecule has 0 heterocycles. The lowest BCUT2D eigenvalue weighted by molar-refractivity contribution is -0.161. The fourth-order valence-electron chi connectivity index (χ4n) is 0.364. The summed E-state index contributed by atoms with van der Waals surface area (Å²) in [5, 5.41) is 25.5. The van der Waals surface area contributed by atoms with Crippen molar-refractivity contribution in [3.8, 4) is 0 Å². The van der Waals surface area contributed by atoms with Gasteiger partial charge in [0, 0.05) is 0 Å². The second kappa shape index (κ2) is 4.21. The average Bonchev–Trinajstić information content (AvgIpc) is 2.01. The van der Waals surface area contributed by atoms with Crippen molar-refractivity contribution < 1.29 is 24.9 Å². The minimum absolute atomic E-state index is 0.0721. The number of carbonyl (C=O) groups is 1. The molecule has 3 N–H and O–H groups in total. The summed E-state index contributed by atoms with van der Waals surface area (Å²) in [5.41, 5.74) is -1.53. The van der Waals surface area contributed by atoms with Gasteiger partial charge in [-0.2, -0.15) is 0 Å². The molecule has 5 nitrogen and oxygen atoms in total. The Morgan fingerprint density at radius 2 is 1.60 bits per heavy atom. The van der Waals surface area contributed by atoms with Crippen molar-refractivity contribution in [1.29, 1.82) is 0 Å². The van der Waals surface area contributed by atoms with Crippen LogP contribution in [0, 0.1) is 0 Å². The van der Waals surface area contributed by atoms with Crippen molar-refractivity contribution in [2.24, 2.45) is 0 Å². The van der Waals surface area contributed by atoms with Crippen LogP contribution in [0.3, 0.4) is 0 Å². The van der Waals surface area contributed by atoms with Gasteiger partial charge in [-0.15, -0.1) is 0 Å². The lowest BCUT2D eigenvalue weighted by atomic mass is 10.1. The van der Waals surface area contributed by atoms with E-state index in [1.807, 2.05) is 0 Å². The van der Waals surface area contributed by atoms with Crippen molar-refractivity contribution in [3.63, 3.8) is 0 Å². The third kappa shape index (κ3) is 1.94. The summed E-state index contributed by atoms with van der Waals surface area (Å²) in [6.45, 7) is -1.72. The first-order valence-corrected chi connectivity index (χ1v) is 2.68. The van der Waals surface area contributed by atoms with E-state index < -0.39 is 25.4 Å². The number of carbonyl (C=O) groups excluding carboxylic acids is 1. The van der Waals surface area contributed by atoms with Gasteiger partial charge in [-0.25, -0.2) is 0 Å². The van der Waals surface area contributed by atoms with Gasteiger partial charge in [0.05, 0.1) is 19.8 Å². The molecule has 0 bridgehead atoms. The highest BCUT2D eigenvalue weighted by atomic mass is 16.6. The van der Waals surface area contributed by atoms with Crippen LogP contribution < -0.4 is 0 Å². The van der Waals surface area contributed by atoms with E-state index in [4.69, 9.17) is 15.3 Å². The highest BCUT2D eigenvalue weighted by Gasteiger charge is 2.29. The molecular weight excluding hydrogens is 140 g/mol. The third-order valence-electron chi connectivity index (χ3n) is 1.16. The number of ether oxygens (including phenoxy) is 1. The van der Waals surface area contributed by atoms with Gasteiger partial charge in [-0.1, -0.05) is 0 Å². The Hall–Kier alpha value is -0.650. The Kier molecular flexibility index (Phi) is 3.94. The van der Waals surface area contributed by atoms with Gasteiger partial charge in [0.25, 0.3) is 6.47 Å². The Morgan fingerprint density at radius 1 is 1.20 bits per heavy atom. The Bertz CT molecular complexity index is 89.9. The summed E-state index contributed by atoms with van der Waals surface area (Å²) in [6.07, 6.45) is 0. The molecule has 0 radical (unpaired) electrons. The summed E-state index contributed by atoms with van der Waals surface area (Å²) in [4.78, 5) is 9.74. The predicted octanol–water partition coefficient (Wildman–Crippen LogP) is -2.12. The molecule has 5 heteroatoms. The first kappa shape index (κ1) is 9.35. The monoisotopic (exact) mass is 150 g/mol. The van der Waals surface area contributed by atoms with Crippen LogP contribution in [0.25, 0.3) is 0 Å². The van der Waals surface area contributed by atoms with E-state index in [1.165, 1.54) is 0 Å². The number of hydrogen-bond donors (Lipinski definition) is 3. The molecule has 0 saturated heterocycles. The first-order chi connectivity index (χ1) is 4.74. The zero-order chi connectivity index (χ0) is 8.04. The van der Waals surface area contributed by atoms with Crippen LogP contribution in [0.15, 0.2) is 0 Å². The van der Waals surface area contributed by atoms with Crippen LogP contribution in [-0.4, -0.2) is 47.2 Å². The second-order valence-corrected chi connectivity index (χ2v) is 1.87. The van der Waals surface area contributed by atoms with E-state index in [0.29, 0.717) is 0 Å². The predicted molar refractivity (Wildman–Crippen MR) is 31.1 cm³/mol. The molecule has 0 aromatic heterocycles. The quantitative estimate of drug-likeness (QED) is 0.390. The summed E-state index contributed by atoms with van der Waals surface area (Å²) in [6, 6.07) is 0. The van der Waals surface area contributed by atoms with Gasteiger partial charge >= 0.3 is 0 Å². The van der Waals surface area contributed by atoms with E-state index in [1.54, 1.807) is 0 Å². The fourth-order valence-corrected chi connectivity index (χ4v) is 0.364. The third-order valence-corrected chi connectivity index (χ3v) is 1.16. The lowest BCUT2D eigenvalue weighted by Gasteiger charge is -2.24. The molecule has 0 aliphatic carbocycles. The van der Waals surface area contributed by atoms with Crippen LogP contribution in [0.4, 0.5) is 0 Å². The first-order valence-electron chi connectivity index (χ1n) is 2.68. The molecule has 10 heavy (non-hydrogen) atoms. The highest BCUT2D eigenvalue weighted by molar-refractivity contribution is 5.38. The van der Waals surface area contributed by atoms with E-state index in [9.17, 15) is 4.79 Å². The largest absolute Gasteiger partial charge is 0.454 e. The molecule has 0 atom stereocenters. The van der Waals surface area contributed by atoms with Crippen molar-refractivity contribution >= 4 is 6.47 Å². The maximum Gasteiger partial charge on any atom is 0.293 e. The van der Waals surface area contributed by atoms with Crippen molar-refractivity contribution in [2.75, 3.05) is 19.8 Å². The molecule has 0 rings (SSSR count). The standard InChI is InChI=1S/C5H10O5/c6-1-5(2-7,3-8)10-4-9/h4,6-8H,1-3H2. The molecule has 0 fully saturated rings. The molecule has 60 valence electrons. The van der Waals surface area contributed by atoms with Gasteiger partial charge < -0.3 is 20.1 Å². The van der Waals surface area contributed by atoms with Crippen LogP contribution in [0.1, 0.15) is 0 Å². The van der Waals surface area contributed by atoms with Crippen molar-refractivity contribution in [1.82, 2.24) is 0 Å². The fraction of sp³-hybridized carbons (Fsp3) is 0.800. The second-order valence-electron chi connectivity index (χ2n) is 1.87. The maximum atomic E-state index is 9.74. The lowest BCUT2D eigenvalue weighted by Crippen LogP contribution is -2.44. The van der Waals surface area contributed by atoms with Gasteiger partial charge in [0.15, 0.2) is 5.60 Å². The Labute approximate surface area is 57.9 Å². The molecular formula is C5H10O5.